The molecule has 1 nitrogen and oxygen atoms in total. The van der Waals surface area contributed by atoms with E-state index < -0.39 is 7.04 Å². The van der Waals surface area contributed by atoms with Crippen molar-refractivity contribution in [3.8, 4) is 0 Å². The lowest BCUT2D eigenvalue weighted by Crippen LogP contribution is -1.90. The van der Waals surface area contributed by atoms with E-state index in [0.717, 1.165) is 0 Å². The van der Waals surface area contributed by atoms with Gasteiger partial charge in [0.2, 0.25) is 0 Å². The van der Waals surface area contributed by atoms with Crippen LogP contribution >= 0.6 is 7.04 Å². The summed E-state index contributed by atoms with van der Waals surface area (Å²) < 4.78 is 0. The molecule has 0 amide bonds. The Hall–Kier alpha value is 0.260. The highest BCUT2D eigenvalue weighted by molar-refractivity contribution is 7.71. The molecular formula is C4H12NP. The van der Waals surface area contributed by atoms with Crippen LogP contribution in [0.2, 0.25) is 0 Å². The molecule has 0 aromatic heterocycles. The molecule has 0 radical (unpaired) electrons. The second kappa shape index (κ2) is 1.81. The maximum absolute atomic E-state index is 5.59. The minimum absolute atomic E-state index is 1.02. The summed E-state index contributed by atoms with van der Waals surface area (Å²) in [4.78, 5) is 0. The first-order valence-electron chi connectivity index (χ1n) is 1.99. The van der Waals surface area contributed by atoms with E-state index in [0.29, 0.717) is 0 Å². The van der Waals surface area contributed by atoms with E-state index in [1.165, 1.54) is 0 Å². The molecule has 0 aromatic carbocycles. The SMILES string of the molecule is CC=P(C)(C)N. The van der Waals surface area contributed by atoms with Gasteiger partial charge in [0.15, 0.2) is 0 Å². The fraction of sp³-hybridized carbons (Fsp3) is 0.750. The van der Waals surface area contributed by atoms with Crippen LogP contribution < -0.4 is 5.50 Å². The highest BCUT2D eigenvalue weighted by Crippen LogP contribution is 2.24. The zero-order valence-corrected chi connectivity index (χ0v) is 5.50. The first-order valence-corrected chi connectivity index (χ1v) is 4.81. The third kappa shape index (κ3) is 4.26. The van der Waals surface area contributed by atoms with Crippen molar-refractivity contribution in [3.63, 3.8) is 0 Å². The first-order chi connectivity index (χ1) is 2.56. The minimum Gasteiger partial charge on any atom is -0.311 e. The maximum Gasteiger partial charge on any atom is -0.0331 e. The zero-order valence-electron chi connectivity index (χ0n) is 4.60. The number of nitrogens with two attached hydrogens (primary N) is 1. The van der Waals surface area contributed by atoms with Gasteiger partial charge in [-0.25, -0.2) is 0 Å². The Morgan fingerprint density at radius 2 is 1.67 bits per heavy atom. The van der Waals surface area contributed by atoms with Crippen molar-refractivity contribution in [2.75, 3.05) is 13.3 Å². The van der Waals surface area contributed by atoms with E-state index in [1.54, 1.807) is 0 Å². The van der Waals surface area contributed by atoms with Gasteiger partial charge in [-0.1, -0.05) is 12.8 Å². The van der Waals surface area contributed by atoms with Crippen LogP contribution in [0.5, 0.6) is 0 Å². The molecule has 38 valence electrons. The summed E-state index contributed by atoms with van der Waals surface area (Å²) in [6.07, 6.45) is 0. The van der Waals surface area contributed by atoms with Crippen LogP contribution in [0, 0.1) is 0 Å². The fourth-order valence-corrected chi connectivity index (χ4v) is 0. The van der Waals surface area contributed by atoms with E-state index in [2.05, 4.69) is 19.1 Å². The van der Waals surface area contributed by atoms with Gasteiger partial charge >= 0.3 is 0 Å². The van der Waals surface area contributed by atoms with Crippen molar-refractivity contribution >= 4 is 12.8 Å². The smallest absolute Gasteiger partial charge is 0.0331 e. The van der Waals surface area contributed by atoms with Crippen LogP contribution in [0.25, 0.3) is 0 Å². The summed E-state index contributed by atoms with van der Waals surface area (Å²) in [5, 5.41) is 0. The van der Waals surface area contributed by atoms with Crippen molar-refractivity contribution in [2.45, 2.75) is 6.92 Å². The second-order valence-electron chi connectivity index (χ2n) is 1.89. The van der Waals surface area contributed by atoms with Crippen LogP contribution in [-0.2, 0) is 0 Å². The predicted octanol–water partition coefficient (Wildman–Crippen LogP) is 0.959. The molecule has 0 aliphatic heterocycles. The Kier molecular flexibility index (Phi) is 1.89. The van der Waals surface area contributed by atoms with Crippen molar-refractivity contribution in [3.05, 3.63) is 0 Å². The summed E-state index contributed by atoms with van der Waals surface area (Å²) in [5.74, 6) is 2.08. The Balaban J connectivity index is 3.79. The lowest BCUT2D eigenvalue weighted by Gasteiger charge is -2.01. The molecule has 0 aliphatic carbocycles. The molecule has 0 bridgehead atoms. The summed E-state index contributed by atoms with van der Waals surface area (Å²) in [5.41, 5.74) is 5.59. The number of hydrogen-bond donors (Lipinski definition) is 1. The summed E-state index contributed by atoms with van der Waals surface area (Å²) in [6, 6.07) is 0. The quantitative estimate of drug-likeness (QED) is 0.456. The van der Waals surface area contributed by atoms with Crippen LogP contribution in [-0.4, -0.2) is 19.1 Å². The van der Waals surface area contributed by atoms with Gasteiger partial charge in [0.05, 0.1) is 0 Å². The highest BCUT2D eigenvalue weighted by atomic mass is 31.2. The number of rotatable bonds is 0. The average Bonchev–Trinajstić information content (AvgIpc) is 1.35. The predicted molar refractivity (Wildman–Crippen MR) is 34.7 cm³/mol. The molecule has 2 heteroatoms. The molecule has 2 N–H and O–H groups in total. The molecule has 6 heavy (non-hydrogen) atoms. The lowest BCUT2D eigenvalue weighted by molar-refractivity contribution is 1.86. The van der Waals surface area contributed by atoms with Crippen LogP contribution in [0.1, 0.15) is 6.92 Å². The van der Waals surface area contributed by atoms with Crippen LogP contribution in [0.3, 0.4) is 0 Å². The topological polar surface area (TPSA) is 26.0 Å². The largest absolute Gasteiger partial charge is 0.311 e. The van der Waals surface area contributed by atoms with Gasteiger partial charge in [0, 0.05) is 0 Å². The van der Waals surface area contributed by atoms with Crippen LogP contribution in [0.15, 0.2) is 0 Å². The minimum atomic E-state index is -1.02. The van der Waals surface area contributed by atoms with E-state index in [-0.39, 0.29) is 0 Å². The second-order valence-corrected chi connectivity index (χ2v) is 5.66. The standard InChI is InChI=1S/C4H12NP/c1-4-6(2,3)5/h4H,5H2,1-3H3. The van der Waals surface area contributed by atoms with E-state index in [1.807, 2.05) is 6.92 Å². The molecule has 0 aliphatic rings. The normalized spacial score (nSPS) is 11.3. The molecule has 0 saturated heterocycles. The van der Waals surface area contributed by atoms with Gasteiger partial charge in [-0.2, -0.15) is 0 Å². The summed E-state index contributed by atoms with van der Waals surface area (Å²) >= 11 is 0. The summed E-state index contributed by atoms with van der Waals surface area (Å²) in [6.45, 7) is 6.16. The van der Waals surface area contributed by atoms with E-state index >= 15 is 0 Å². The van der Waals surface area contributed by atoms with Gasteiger partial charge in [0.1, 0.15) is 0 Å². The van der Waals surface area contributed by atoms with E-state index in [9.17, 15) is 0 Å². The average molecular weight is 105 g/mol. The Bertz CT molecular complexity index is 71.3. The van der Waals surface area contributed by atoms with Gasteiger partial charge in [-0.05, 0) is 20.3 Å². The third-order valence-electron chi connectivity index (χ3n) is 0.665. The van der Waals surface area contributed by atoms with Gasteiger partial charge in [0.25, 0.3) is 0 Å². The van der Waals surface area contributed by atoms with Crippen molar-refractivity contribution in [1.82, 2.24) is 0 Å². The highest BCUT2D eigenvalue weighted by Gasteiger charge is 1.84. The monoisotopic (exact) mass is 105 g/mol. The van der Waals surface area contributed by atoms with Gasteiger partial charge < -0.3 is 5.50 Å². The molecule has 0 heterocycles. The van der Waals surface area contributed by atoms with Gasteiger partial charge in [-0.3, -0.25) is 0 Å². The molecular weight excluding hydrogens is 93.0 g/mol. The van der Waals surface area contributed by atoms with Crippen molar-refractivity contribution in [1.29, 1.82) is 0 Å². The first kappa shape index (κ1) is 6.26. The Morgan fingerprint density at radius 1 is 1.50 bits per heavy atom. The Labute approximate surface area is 39.6 Å². The van der Waals surface area contributed by atoms with Crippen LogP contribution in [0.4, 0.5) is 0 Å². The number of hydrogen-bond acceptors (Lipinski definition) is 1. The van der Waals surface area contributed by atoms with E-state index in [4.69, 9.17) is 5.50 Å². The Morgan fingerprint density at radius 3 is 1.67 bits per heavy atom. The molecule has 0 fully saturated rings. The molecule has 0 atom stereocenters. The maximum atomic E-state index is 5.59. The fourth-order valence-electron chi connectivity index (χ4n) is 0. The summed E-state index contributed by atoms with van der Waals surface area (Å²) in [7, 11) is -1.02. The molecule has 0 unspecified atom stereocenters. The molecule has 0 rings (SSSR count). The molecule has 0 saturated carbocycles. The molecule has 0 aromatic rings. The van der Waals surface area contributed by atoms with Crippen molar-refractivity contribution < 1.29 is 0 Å². The molecule has 0 spiro atoms. The third-order valence-corrected chi connectivity index (χ3v) is 2.00. The lowest BCUT2D eigenvalue weighted by atomic mass is 11.0. The van der Waals surface area contributed by atoms with Crippen molar-refractivity contribution in [2.24, 2.45) is 5.50 Å². The zero-order chi connectivity index (χ0) is 5.21. The van der Waals surface area contributed by atoms with Gasteiger partial charge in [-0.15, -0.1) is 0 Å².